The highest BCUT2D eigenvalue weighted by atomic mass is 16.5. The van der Waals surface area contributed by atoms with Crippen molar-refractivity contribution in [1.82, 2.24) is 15.3 Å². The quantitative estimate of drug-likeness (QED) is 0.884. The Morgan fingerprint density at radius 1 is 1.32 bits per heavy atom. The van der Waals surface area contributed by atoms with Crippen molar-refractivity contribution in [1.29, 1.82) is 0 Å². The Hall–Kier alpha value is -1.36. The molecule has 1 fully saturated rings. The van der Waals surface area contributed by atoms with Gasteiger partial charge in [0.2, 0.25) is 11.8 Å². The summed E-state index contributed by atoms with van der Waals surface area (Å²) in [5, 5.41) is 3.38. The summed E-state index contributed by atoms with van der Waals surface area (Å²) in [7, 11) is 5.18. The molecule has 1 aromatic heterocycles. The molecule has 106 valence electrons. The minimum Gasteiger partial charge on any atom is -0.480 e. The first-order chi connectivity index (χ1) is 9.21. The third-order valence-corrected chi connectivity index (χ3v) is 4.11. The fourth-order valence-corrected chi connectivity index (χ4v) is 3.05. The van der Waals surface area contributed by atoms with Gasteiger partial charge in [0, 0.05) is 0 Å². The molecular formula is C14H23N3O2. The van der Waals surface area contributed by atoms with Crippen LogP contribution < -0.4 is 14.8 Å². The van der Waals surface area contributed by atoms with Crippen LogP contribution in [0.1, 0.15) is 37.9 Å². The standard InChI is InChI=1S/C14H23N3O2/c1-9-6-5-7-10(9)12(15-2)13-14(19-4)17-11(18-3)8-16-13/h8-10,12,15H,5-7H2,1-4H3. The average Bonchev–Trinajstić information content (AvgIpc) is 2.86. The van der Waals surface area contributed by atoms with Gasteiger partial charge in [-0.3, -0.25) is 0 Å². The minimum atomic E-state index is 0.186. The topological polar surface area (TPSA) is 56.3 Å². The molecule has 0 bridgehead atoms. The number of rotatable bonds is 5. The summed E-state index contributed by atoms with van der Waals surface area (Å²) in [4.78, 5) is 8.82. The fourth-order valence-electron chi connectivity index (χ4n) is 3.05. The summed E-state index contributed by atoms with van der Waals surface area (Å²) in [6.07, 6.45) is 5.45. The molecule has 1 heterocycles. The van der Waals surface area contributed by atoms with Crippen LogP contribution in [0.15, 0.2) is 6.20 Å². The molecule has 0 spiro atoms. The molecule has 1 aliphatic rings. The summed E-state index contributed by atoms with van der Waals surface area (Å²) in [5.41, 5.74) is 0.879. The van der Waals surface area contributed by atoms with Gasteiger partial charge in [0.25, 0.3) is 0 Å². The van der Waals surface area contributed by atoms with Crippen LogP contribution in [0.2, 0.25) is 0 Å². The maximum absolute atomic E-state index is 5.37. The van der Waals surface area contributed by atoms with Crippen molar-refractivity contribution >= 4 is 0 Å². The van der Waals surface area contributed by atoms with Crippen LogP contribution >= 0.6 is 0 Å². The first-order valence-corrected chi connectivity index (χ1v) is 6.83. The summed E-state index contributed by atoms with van der Waals surface area (Å²) < 4.78 is 10.5. The third-order valence-electron chi connectivity index (χ3n) is 4.11. The monoisotopic (exact) mass is 265 g/mol. The van der Waals surface area contributed by atoms with E-state index in [-0.39, 0.29) is 6.04 Å². The maximum atomic E-state index is 5.37. The first kappa shape index (κ1) is 14.1. The highest BCUT2D eigenvalue weighted by Gasteiger charge is 2.33. The molecule has 0 amide bonds. The van der Waals surface area contributed by atoms with Crippen LogP contribution in [0.4, 0.5) is 0 Å². The first-order valence-electron chi connectivity index (χ1n) is 6.83. The number of aromatic nitrogens is 2. The number of hydrogen-bond donors (Lipinski definition) is 1. The van der Waals surface area contributed by atoms with E-state index in [1.807, 2.05) is 7.05 Å². The summed E-state index contributed by atoms with van der Waals surface area (Å²) >= 11 is 0. The van der Waals surface area contributed by atoms with Crippen LogP contribution in [-0.2, 0) is 0 Å². The molecule has 0 aliphatic heterocycles. The molecule has 0 radical (unpaired) electrons. The minimum absolute atomic E-state index is 0.186. The lowest BCUT2D eigenvalue weighted by molar-refractivity contribution is 0.291. The molecule has 19 heavy (non-hydrogen) atoms. The summed E-state index contributed by atoms with van der Waals surface area (Å²) in [6, 6.07) is 0.186. The fraction of sp³-hybridized carbons (Fsp3) is 0.714. The van der Waals surface area contributed by atoms with Crippen LogP contribution in [0.5, 0.6) is 11.8 Å². The Morgan fingerprint density at radius 3 is 2.63 bits per heavy atom. The molecule has 1 N–H and O–H groups in total. The Labute approximate surface area is 114 Å². The van der Waals surface area contributed by atoms with E-state index >= 15 is 0 Å². The van der Waals surface area contributed by atoms with Gasteiger partial charge < -0.3 is 14.8 Å². The lowest BCUT2D eigenvalue weighted by atomic mass is 9.88. The molecule has 5 nitrogen and oxygen atoms in total. The molecule has 1 aliphatic carbocycles. The van der Waals surface area contributed by atoms with Gasteiger partial charge in [-0.2, -0.15) is 4.98 Å². The van der Waals surface area contributed by atoms with Crippen LogP contribution in [-0.4, -0.2) is 31.2 Å². The van der Waals surface area contributed by atoms with E-state index in [1.54, 1.807) is 20.4 Å². The summed E-state index contributed by atoms with van der Waals surface area (Å²) in [5.74, 6) is 2.32. The normalized spacial score (nSPS) is 24.2. The van der Waals surface area contributed by atoms with E-state index in [4.69, 9.17) is 9.47 Å². The van der Waals surface area contributed by atoms with Crippen molar-refractivity contribution in [3.8, 4) is 11.8 Å². The Bertz CT molecular complexity index is 425. The highest BCUT2D eigenvalue weighted by Crippen LogP contribution is 2.41. The smallest absolute Gasteiger partial charge is 0.240 e. The largest absolute Gasteiger partial charge is 0.480 e. The molecule has 5 heteroatoms. The van der Waals surface area contributed by atoms with Gasteiger partial charge in [-0.1, -0.05) is 19.8 Å². The second kappa shape index (κ2) is 6.19. The molecule has 3 atom stereocenters. The van der Waals surface area contributed by atoms with Gasteiger partial charge in [-0.05, 0) is 25.3 Å². The second-order valence-electron chi connectivity index (χ2n) is 5.15. The predicted octanol–water partition coefficient (Wildman–Crippen LogP) is 2.19. The van der Waals surface area contributed by atoms with E-state index in [0.29, 0.717) is 23.6 Å². The van der Waals surface area contributed by atoms with Gasteiger partial charge in [0.05, 0.1) is 26.5 Å². The van der Waals surface area contributed by atoms with Gasteiger partial charge in [-0.25, -0.2) is 4.98 Å². The lowest BCUT2D eigenvalue weighted by Gasteiger charge is -2.26. The SMILES string of the molecule is CNC(c1ncc(OC)nc1OC)C1CCCC1C. The van der Waals surface area contributed by atoms with Crippen LogP contribution in [0, 0.1) is 11.8 Å². The molecule has 0 saturated heterocycles. The van der Waals surface area contributed by atoms with E-state index < -0.39 is 0 Å². The van der Waals surface area contributed by atoms with Crippen molar-refractivity contribution in [3.63, 3.8) is 0 Å². The number of hydrogen-bond acceptors (Lipinski definition) is 5. The van der Waals surface area contributed by atoms with Crippen LogP contribution in [0.25, 0.3) is 0 Å². The number of methoxy groups -OCH3 is 2. The number of nitrogens with one attached hydrogen (secondary N) is 1. The van der Waals surface area contributed by atoms with E-state index in [2.05, 4.69) is 22.2 Å². The van der Waals surface area contributed by atoms with E-state index in [9.17, 15) is 0 Å². The average molecular weight is 265 g/mol. The highest BCUT2D eigenvalue weighted by molar-refractivity contribution is 5.26. The Kier molecular flexibility index (Phi) is 4.58. The van der Waals surface area contributed by atoms with Crippen molar-refractivity contribution < 1.29 is 9.47 Å². The van der Waals surface area contributed by atoms with Gasteiger partial charge in [0.15, 0.2) is 0 Å². The zero-order chi connectivity index (χ0) is 13.8. The second-order valence-corrected chi connectivity index (χ2v) is 5.15. The van der Waals surface area contributed by atoms with Gasteiger partial charge >= 0.3 is 0 Å². The molecule has 3 unspecified atom stereocenters. The molecule has 2 rings (SSSR count). The Morgan fingerprint density at radius 2 is 2.11 bits per heavy atom. The third kappa shape index (κ3) is 2.81. The lowest BCUT2D eigenvalue weighted by Crippen LogP contribution is -2.28. The van der Waals surface area contributed by atoms with E-state index in [0.717, 1.165) is 5.69 Å². The number of ether oxygens (including phenoxy) is 2. The predicted molar refractivity (Wildman–Crippen MR) is 73.4 cm³/mol. The molecule has 0 aromatic carbocycles. The van der Waals surface area contributed by atoms with Crippen LogP contribution in [0.3, 0.4) is 0 Å². The van der Waals surface area contributed by atoms with E-state index in [1.165, 1.54) is 19.3 Å². The summed E-state index contributed by atoms with van der Waals surface area (Å²) in [6.45, 7) is 2.31. The number of nitrogens with zero attached hydrogens (tertiary/aromatic N) is 2. The van der Waals surface area contributed by atoms with Crippen molar-refractivity contribution in [3.05, 3.63) is 11.9 Å². The zero-order valence-corrected chi connectivity index (χ0v) is 12.1. The van der Waals surface area contributed by atoms with Gasteiger partial charge in [0.1, 0.15) is 5.69 Å². The van der Waals surface area contributed by atoms with Crippen molar-refractivity contribution in [2.45, 2.75) is 32.2 Å². The molecule has 1 aromatic rings. The van der Waals surface area contributed by atoms with Gasteiger partial charge in [-0.15, -0.1) is 0 Å². The molecular weight excluding hydrogens is 242 g/mol. The Balaban J connectivity index is 2.31. The molecule has 1 saturated carbocycles. The van der Waals surface area contributed by atoms with Crippen molar-refractivity contribution in [2.75, 3.05) is 21.3 Å². The zero-order valence-electron chi connectivity index (χ0n) is 12.1. The van der Waals surface area contributed by atoms with Crippen molar-refractivity contribution in [2.24, 2.45) is 11.8 Å². The maximum Gasteiger partial charge on any atom is 0.240 e.